The van der Waals surface area contributed by atoms with Gasteiger partial charge in [0.15, 0.2) is 0 Å². The SMILES string of the molecule is C=CN(Cc1ccccc1F)C(=O)CC. The van der Waals surface area contributed by atoms with Crippen LogP contribution < -0.4 is 0 Å². The van der Waals surface area contributed by atoms with Crippen LogP contribution >= 0.6 is 0 Å². The summed E-state index contributed by atoms with van der Waals surface area (Å²) in [6, 6.07) is 6.41. The molecule has 2 nitrogen and oxygen atoms in total. The largest absolute Gasteiger partial charge is 0.315 e. The Labute approximate surface area is 89.0 Å². The summed E-state index contributed by atoms with van der Waals surface area (Å²) in [5, 5.41) is 0. The van der Waals surface area contributed by atoms with Crippen molar-refractivity contribution < 1.29 is 9.18 Å². The van der Waals surface area contributed by atoms with E-state index in [9.17, 15) is 9.18 Å². The molecule has 0 radical (unpaired) electrons. The molecule has 0 saturated heterocycles. The Bertz CT molecular complexity index is 362. The van der Waals surface area contributed by atoms with Gasteiger partial charge in [-0.05, 0) is 12.3 Å². The van der Waals surface area contributed by atoms with Crippen LogP contribution in [0.1, 0.15) is 18.9 Å². The number of carbonyl (C=O) groups is 1. The third kappa shape index (κ3) is 2.91. The van der Waals surface area contributed by atoms with Crippen LogP contribution in [0.3, 0.4) is 0 Å². The predicted octanol–water partition coefficient (Wildman–Crippen LogP) is 2.71. The van der Waals surface area contributed by atoms with Crippen molar-refractivity contribution in [3.05, 3.63) is 48.4 Å². The molecule has 15 heavy (non-hydrogen) atoms. The van der Waals surface area contributed by atoms with Gasteiger partial charge < -0.3 is 4.90 Å². The molecule has 0 unspecified atom stereocenters. The average molecular weight is 207 g/mol. The van der Waals surface area contributed by atoms with E-state index in [1.807, 2.05) is 0 Å². The lowest BCUT2D eigenvalue weighted by atomic mass is 10.2. The number of hydrogen-bond donors (Lipinski definition) is 0. The van der Waals surface area contributed by atoms with Crippen LogP contribution in [0.5, 0.6) is 0 Å². The van der Waals surface area contributed by atoms with Crippen LogP contribution in [0.2, 0.25) is 0 Å². The van der Waals surface area contributed by atoms with Gasteiger partial charge in [0, 0.05) is 12.0 Å². The molecule has 0 spiro atoms. The summed E-state index contributed by atoms with van der Waals surface area (Å²) in [5.74, 6) is -0.360. The highest BCUT2D eigenvalue weighted by atomic mass is 19.1. The Morgan fingerprint density at radius 3 is 2.73 bits per heavy atom. The zero-order valence-electron chi connectivity index (χ0n) is 8.74. The van der Waals surface area contributed by atoms with Gasteiger partial charge in [0.05, 0.1) is 6.54 Å². The fraction of sp³-hybridized carbons (Fsp3) is 0.250. The molecule has 1 amide bonds. The van der Waals surface area contributed by atoms with Crippen molar-refractivity contribution in [1.29, 1.82) is 0 Å². The van der Waals surface area contributed by atoms with Gasteiger partial charge in [-0.25, -0.2) is 4.39 Å². The molecule has 1 aromatic carbocycles. The van der Waals surface area contributed by atoms with Crippen molar-refractivity contribution >= 4 is 5.91 Å². The van der Waals surface area contributed by atoms with Gasteiger partial charge in [0.2, 0.25) is 5.91 Å². The van der Waals surface area contributed by atoms with Crippen LogP contribution in [0, 0.1) is 5.82 Å². The summed E-state index contributed by atoms with van der Waals surface area (Å²) < 4.78 is 13.3. The molecule has 0 aliphatic carbocycles. The van der Waals surface area contributed by atoms with Crippen molar-refractivity contribution in [1.82, 2.24) is 4.90 Å². The Balaban J connectivity index is 2.80. The Hall–Kier alpha value is -1.64. The summed E-state index contributed by atoms with van der Waals surface area (Å²) in [5.41, 5.74) is 0.499. The molecule has 1 rings (SSSR count). The maximum Gasteiger partial charge on any atom is 0.226 e. The average Bonchev–Trinajstić information content (AvgIpc) is 2.27. The summed E-state index contributed by atoms with van der Waals surface area (Å²) in [6.45, 7) is 5.54. The molecule has 0 aliphatic heterocycles. The van der Waals surface area contributed by atoms with Gasteiger partial charge in [-0.1, -0.05) is 31.7 Å². The van der Waals surface area contributed by atoms with Gasteiger partial charge in [-0.3, -0.25) is 4.79 Å². The van der Waals surface area contributed by atoms with Crippen molar-refractivity contribution in [2.24, 2.45) is 0 Å². The molecular weight excluding hydrogens is 193 g/mol. The maximum absolute atomic E-state index is 13.3. The van der Waals surface area contributed by atoms with Gasteiger partial charge >= 0.3 is 0 Å². The first-order valence-electron chi connectivity index (χ1n) is 4.84. The van der Waals surface area contributed by atoms with E-state index in [1.165, 1.54) is 17.2 Å². The standard InChI is InChI=1S/C12H14FNO/c1-3-12(15)14(4-2)9-10-7-5-6-8-11(10)13/h4-8H,2-3,9H2,1H3. The highest BCUT2D eigenvalue weighted by Crippen LogP contribution is 2.10. The quantitative estimate of drug-likeness (QED) is 0.743. The molecule has 0 bridgehead atoms. The number of halogens is 1. The summed E-state index contributed by atoms with van der Waals surface area (Å²) >= 11 is 0. The predicted molar refractivity (Wildman–Crippen MR) is 57.4 cm³/mol. The smallest absolute Gasteiger partial charge is 0.226 e. The monoisotopic (exact) mass is 207 g/mol. The van der Waals surface area contributed by atoms with Crippen LogP contribution in [0.4, 0.5) is 4.39 Å². The molecule has 80 valence electrons. The first-order chi connectivity index (χ1) is 7.19. The third-order valence-electron chi connectivity index (χ3n) is 2.14. The van der Waals surface area contributed by atoms with Crippen molar-refractivity contribution in [2.75, 3.05) is 0 Å². The number of benzene rings is 1. The van der Waals surface area contributed by atoms with Gasteiger partial charge in [0.1, 0.15) is 5.82 Å². The Morgan fingerprint density at radius 2 is 2.20 bits per heavy atom. The van der Waals surface area contributed by atoms with Gasteiger partial charge in [-0.15, -0.1) is 0 Å². The third-order valence-corrected chi connectivity index (χ3v) is 2.14. The zero-order chi connectivity index (χ0) is 11.3. The second-order valence-corrected chi connectivity index (χ2v) is 3.15. The summed E-state index contributed by atoms with van der Waals surface area (Å²) in [4.78, 5) is 12.8. The minimum Gasteiger partial charge on any atom is -0.315 e. The molecule has 0 atom stereocenters. The molecule has 3 heteroatoms. The van der Waals surface area contributed by atoms with Crippen LogP contribution in [0.15, 0.2) is 37.0 Å². The number of rotatable bonds is 4. The maximum atomic E-state index is 13.3. The fourth-order valence-electron chi connectivity index (χ4n) is 1.27. The van der Waals surface area contributed by atoms with Crippen molar-refractivity contribution in [2.45, 2.75) is 19.9 Å². The van der Waals surface area contributed by atoms with Crippen LogP contribution in [0.25, 0.3) is 0 Å². The van der Waals surface area contributed by atoms with Crippen LogP contribution in [-0.4, -0.2) is 10.8 Å². The second kappa shape index (κ2) is 5.29. The minimum absolute atomic E-state index is 0.0618. The number of amides is 1. The van der Waals surface area contributed by atoms with Crippen molar-refractivity contribution in [3.63, 3.8) is 0 Å². The number of hydrogen-bond acceptors (Lipinski definition) is 1. The minimum atomic E-state index is -0.298. The number of carbonyl (C=O) groups excluding carboxylic acids is 1. The van der Waals surface area contributed by atoms with E-state index in [0.29, 0.717) is 12.0 Å². The topological polar surface area (TPSA) is 20.3 Å². The lowest BCUT2D eigenvalue weighted by molar-refractivity contribution is -0.128. The van der Waals surface area contributed by atoms with E-state index in [4.69, 9.17) is 0 Å². The number of nitrogens with zero attached hydrogens (tertiary/aromatic N) is 1. The zero-order valence-corrected chi connectivity index (χ0v) is 8.74. The van der Waals surface area contributed by atoms with Gasteiger partial charge in [-0.2, -0.15) is 0 Å². The van der Waals surface area contributed by atoms with E-state index in [-0.39, 0.29) is 18.3 Å². The van der Waals surface area contributed by atoms with Gasteiger partial charge in [0.25, 0.3) is 0 Å². The van der Waals surface area contributed by atoms with E-state index < -0.39 is 0 Å². The second-order valence-electron chi connectivity index (χ2n) is 3.15. The van der Waals surface area contributed by atoms with E-state index >= 15 is 0 Å². The Kier molecular flexibility index (Phi) is 4.03. The fourth-order valence-corrected chi connectivity index (χ4v) is 1.27. The first kappa shape index (κ1) is 11.4. The highest BCUT2D eigenvalue weighted by molar-refractivity contribution is 5.76. The molecule has 0 fully saturated rings. The summed E-state index contributed by atoms with van der Waals surface area (Å²) in [7, 11) is 0. The van der Waals surface area contributed by atoms with E-state index in [1.54, 1.807) is 25.1 Å². The molecule has 0 aliphatic rings. The Morgan fingerprint density at radius 1 is 1.53 bits per heavy atom. The normalized spacial score (nSPS) is 9.73. The summed E-state index contributed by atoms with van der Waals surface area (Å²) in [6.07, 6.45) is 1.82. The lowest BCUT2D eigenvalue weighted by Gasteiger charge is -2.17. The molecular formula is C12H14FNO. The first-order valence-corrected chi connectivity index (χ1v) is 4.84. The highest BCUT2D eigenvalue weighted by Gasteiger charge is 2.10. The molecule has 0 heterocycles. The molecule has 0 N–H and O–H groups in total. The lowest BCUT2D eigenvalue weighted by Crippen LogP contribution is -2.24. The van der Waals surface area contributed by atoms with Crippen molar-refractivity contribution in [3.8, 4) is 0 Å². The molecule has 0 aromatic heterocycles. The van der Waals surface area contributed by atoms with E-state index in [2.05, 4.69) is 6.58 Å². The molecule has 1 aromatic rings. The van der Waals surface area contributed by atoms with E-state index in [0.717, 1.165) is 0 Å². The molecule has 0 saturated carbocycles. The van der Waals surface area contributed by atoms with Crippen LogP contribution in [-0.2, 0) is 11.3 Å².